The van der Waals surface area contributed by atoms with Gasteiger partial charge in [0.05, 0.1) is 23.2 Å². The predicted octanol–water partition coefficient (Wildman–Crippen LogP) is 4.54. The number of rotatable bonds is 1. The Morgan fingerprint density at radius 3 is 2.77 bits per heavy atom. The lowest BCUT2D eigenvalue weighted by Crippen LogP contribution is -2.39. The number of nitriles is 1. The van der Waals surface area contributed by atoms with Gasteiger partial charge in [-0.1, -0.05) is 29.8 Å². The number of para-hydroxylation sites is 1. The second kappa shape index (κ2) is 6.82. The minimum atomic E-state index is -0.917. The Bertz CT molecular complexity index is 1230. The fourth-order valence-electron chi connectivity index (χ4n) is 4.55. The summed E-state index contributed by atoms with van der Waals surface area (Å²) < 4.78 is 14.9. The standard InChI is InChI=1S/C23H16ClFN4O/c24-14-6-3-7-15(25)20(14)19-13(11-26)23-28-22(27)12-5-1-2-8-16(12)29(23)17-9-4-10-18(30)21(17)19/h1-3,5-8,19H,4,9-10H2,(H2,27,28)/t19-/m1/s1. The van der Waals surface area contributed by atoms with Crippen LogP contribution in [0.1, 0.15) is 36.3 Å². The van der Waals surface area contributed by atoms with E-state index in [1.165, 1.54) is 12.1 Å². The zero-order chi connectivity index (χ0) is 21.0. The maximum atomic E-state index is 14.9. The number of carbonyl (C=O) groups excluding carboxylic acids is 1. The number of halogens is 2. The zero-order valence-electron chi connectivity index (χ0n) is 15.8. The molecule has 1 aliphatic carbocycles. The minimum Gasteiger partial charge on any atom is -0.383 e. The molecule has 0 bridgehead atoms. The van der Waals surface area contributed by atoms with Crippen LogP contribution in [-0.2, 0) is 4.79 Å². The molecule has 0 fully saturated rings. The van der Waals surface area contributed by atoms with Crippen molar-refractivity contribution in [1.82, 2.24) is 0 Å². The Hall–Kier alpha value is -3.43. The van der Waals surface area contributed by atoms with Crippen molar-refractivity contribution >= 4 is 28.9 Å². The molecule has 0 unspecified atom stereocenters. The quantitative estimate of drug-likeness (QED) is 0.736. The summed E-state index contributed by atoms with van der Waals surface area (Å²) in [7, 11) is 0. The summed E-state index contributed by atoms with van der Waals surface area (Å²) in [4.78, 5) is 19.5. The Balaban J connectivity index is 1.88. The van der Waals surface area contributed by atoms with Gasteiger partial charge in [0.1, 0.15) is 11.7 Å². The van der Waals surface area contributed by atoms with Gasteiger partial charge in [0.25, 0.3) is 0 Å². The van der Waals surface area contributed by atoms with Crippen LogP contribution in [0.4, 0.5) is 10.1 Å². The molecule has 0 spiro atoms. The molecule has 2 aromatic rings. The molecule has 3 aliphatic rings. The number of carbonyl (C=O) groups is 1. The molecule has 5 rings (SSSR count). The van der Waals surface area contributed by atoms with Crippen LogP contribution >= 0.6 is 11.6 Å². The number of amidine groups is 1. The van der Waals surface area contributed by atoms with Gasteiger partial charge in [-0.2, -0.15) is 5.26 Å². The van der Waals surface area contributed by atoms with Gasteiger partial charge in [-0.3, -0.25) is 9.69 Å². The number of hydrogen-bond donors (Lipinski definition) is 1. The van der Waals surface area contributed by atoms with E-state index >= 15 is 0 Å². The van der Waals surface area contributed by atoms with E-state index < -0.39 is 11.7 Å². The van der Waals surface area contributed by atoms with Gasteiger partial charge in [0, 0.05) is 33.8 Å². The van der Waals surface area contributed by atoms with Gasteiger partial charge < -0.3 is 5.73 Å². The Morgan fingerprint density at radius 1 is 1.20 bits per heavy atom. The first-order valence-electron chi connectivity index (χ1n) is 9.61. The fraction of sp³-hybridized carbons (Fsp3) is 0.174. The normalized spacial score (nSPS) is 20.3. The second-order valence-electron chi connectivity index (χ2n) is 7.40. The van der Waals surface area contributed by atoms with Gasteiger partial charge in [-0.25, -0.2) is 9.38 Å². The third-order valence-electron chi connectivity index (χ3n) is 5.78. The molecule has 0 aromatic heterocycles. The number of Topliss-reactive ketones (excluding diaryl/α,β-unsaturated/α-hetero) is 1. The van der Waals surface area contributed by atoms with Crippen LogP contribution in [-0.4, -0.2) is 11.6 Å². The number of aliphatic imine (C=N–C) groups is 1. The number of fused-ring (bicyclic) bond motifs is 4. The SMILES string of the molecule is N#CC1=C2N=C(N)c3ccccc3N2C2=C(C(=O)CCC2)[C@H]1c1c(F)cccc1Cl. The summed E-state index contributed by atoms with van der Waals surface area (Å²) >= 11 is 6.37. The van der Waals surface area contributed by atoms with E-state index in [-0.39, 0.29) is 27.8 Å². The van der Waals surface area contributed by atoms with Crippen molar-refractivity contribution in [2.45, 2.75) is 25.2 Å². The molecule has 2 heterocycles. The number of allylic oxidation sites excluding steroid dienone is 3. The summed E-state index contributed by atoms with van der Waals surface area (Å²) in [5, 5.41) is 10.3. The van der Waals surface area contributed by atoms with E-state index in [4.69, 9.17) is 17.3 Å². The average molecular weight is 419 g/mol. The van der Waals surface area contributed by atoms with E-state index in [1.54, 1.807) is 6.07 Å². The molecule has 2 N–H and O–H groups in total. The van der Waals surface area contributed by atoms with E-state index in [1.807, 2.05) is 29.2 Å². The Morgan fingerprint density at radius 2 is 2.00 bits per heavy atom. The summed E-state index contributed by atoms with van der Waals surface area (Å²) in [5.41, 5.74) is 9.12. The van der Waals surface area contributed by atoms with Crippen molar-refractivity contribution in [2.75, 3.05) is 4.90 Å². The van der Waals surface area contributed by atoms with Crippen LogP contribution < -0.4 is 10.6 Å². The van der Waals surface area contributed by atoms with Crippen molar-refractivity contribution in [3.8, 4) is 6.07 Å². The van der Waals surface area contributed by atoms with Gasteiger partial charge >= 0.3 is 0 Å². The monoisotopic (exact) mass is 418 g/mol. The van der Waals surface area contributed by atoms with E-state index in [2.05, 4.69) is 11.1 Å². The minimum absolute atomic E-state index is 0.104. The molecular formula is C23H16ClFN4O. The predicted molar refractivity (Wildman–Crippen MR) is 112 cm³/mol. The lowest BCUT2D eigenvalue weighted by Gasteiger charge is -2.42. The lowest BCUT2D eigenvalue weighted by molar-refractivity contribution is -0.116. The molecule has 0 amide bonds. The number of nitrogens with zero attached hydrogens (tertiary/aromatic N) is 3. The third kappa shape index (κ3) is 2.52. The molecule has 5 nitrogen and oxygen atoms in total. The molecule has 7 heteroatoms. The molecule has 148 valence electrons. The number of anilines is 1. The van der Waals surface area contributed by atoms with Crippen LogP contribution in [0.2, 0.25) is 5.02 Å². The average Bonchev–Trinajstić information content (AvgIpc) is 2.73. The summed E-state index contributed by atoms with van der Waals surface area (Å²) in [5.74, 6) is -0.986. The number of nitrogens with two attached hydrogens (primary N) is 1. The Kier molecular flexibility index (Phi) is 4.23. The first-order valence-corrected chi connectivity index (χ1v) is 9.98. The largest absolute Gasteiger partial charge is 0.383 e. The highest BCUT2D eigenvalue weighted by Gasteiger charge is 2.44. The lowest BCUT2D eigenvalue weighted by atomic mass is 9.75. The van der Waals surface area contributed by atoms with Crippen molar-refractivity contribution in [2.24, 2.45) is 10.7 Å². The third-order valence-corrected chi connectivity index (χ3v) is 6.11. The highest BCUT2D eigenvalue weighted by atomic mass is 35.5. The van der Waals surface area contributed by atoms with Crippen molar-refractivity contribution < 1.29 is 9.18 Å². The van der Waals surface area contributed by atoms with Gasteiger partial charge in [-0.15, -0.1) is 0 Å². The van der Waals surface area contributed by atoms with Gasteiger partial charge in [-0.05, 0) is 37.1 Å². The van der Waals surface area contributed by atoms with Crippen molar-refractivity contribution in [3.63, 3.8) is 0 Å². The second-order valence-corrected chi connectivity index (χ2v) is 7.81. The van der Waals surface area contributed by atoms with Crippen molar-refractivity contribution in [1.29, 1.82) is 5.26 Å². The highest BCUT2D eigenvalue weighted by molar-refractivity contribution is 6.31. The van der Waals surface area contributed by atoms with E-state index in [9.17, 15) is 14.4 Å². The molecule has 0 radical (unpaired) electrons. The zero-order valence-corrected chi connectivity index (χ0v) is 16.6. The molecule has 2 aromatic carbocycles. The first kappa shape index (κ1) is 18.6. The first-order chi connectivity index (χ1) is 14.5. The molecule has 30 heavy (non-hydrogen) atoms. The van der Waals surface area contributed by atoms with Crippen LogP contribution in [0, 0.1) is 17.1 Å². The number of ketones is 1. The molecule has 0 saturated heterocycles. The van der Waals surface area contributed by atoms with Gasteiger partial charge in [0.15, 0.2) is 11.6 Å². The van der Waals surface area contributed by atoms with Gasteiger partial charge in [0.2, 0.25) is 0 Å². The maximum Gasteiger partial charge on any atom is 0.161 e. The topological polar surface area (TPSA) is 82.5 Å². The fourth-order valence-corrected chi connectivity index (χ4v) is 4.82. The molecular weight excluding hydrogens is 403 g/mol. The number of hydrogen-bond acceptors (Lipinski definition) is 5. The van der Waals surface area contributed by atoms with Crippen LogP contribution in [0.3, 0.4) is 0 Å². The van der Waals surface area contributed by atoms with Crippen LogP contribution in [0.15, 0.2) is 70.1 Å². The maximum absolute atomic E-state index is 14.9. The highest BCUT2D eigenvalue weighted by Crippen LogP contribution is 2.50. The van der Waals surface area contributed by atoms with Crippen LogP contribution in [0.25, 0.3) is 0 Å². The smallest absolute Gasteiger partial charge is 0.161 e. The summed E-state index contributed by atoms with van der Waals surface area (Å²) in [6, 6.07) is 14.0. The van der Waals surface area contributed by atoms with E-state index in [0.717, 1.165) is 16.9 Å². The molecule has 2 aliphatic heterocycles. The summed E-state index contributed by atoms with van der Waals surface area (Å²) in [6.45, 7) is 0. The molecule has 0 saturated carbocycles. The number of benzene rings is 2. The Labute approximate surface area is 177 Å². The molecule has 1 atom stereocenters. The van der Waals surface area contributed by atoms with E-state index in [0.29, 0.717) is 30.7 Å². The summed E-state index contributed by atoms with van der Waals surface area (Å²) in [6.07, 6.45) is 1.62. The van der Waals surface area contributed by atoms with Crippen LogP contribution in [0.5, 0.6) is 0 Å². The van der Waals surface area contributed by atoms with Crippen molar-refractivity contribution in [3.05, 3.63) is 87.1 Å².